The molecule has 0 aliphatic carbocycles. The van der Waals surface area contributed by atoms with Crippen molar-refractivity contribution in [3.63, 3.8) is 0 Å². The molecule has 2 heterocycles. The predicted octanol–water partition coefficient (Wildman–Crippen LogP) is 3.66. The van der Waals surface area contributed by atoms with Gasteiger partial charge in [0.2, 0.25) is 0 Å². The average molecular weight is 429 g/mol. The van der Waals surface area contributed by atoms with Crippen molar-refractivity contribution in [1.82, 2.24) is 0 Å². The maximum atomic E-state index is 12.7. The first-order chi connectivity index (χ1) is 13.8. The lowest BCUT2D eigenvalue weighted by atomic mass is 10.1. The minimum Gasteiger partial charge on any atom is -0.307 e. The van der Waals surface area contributed by atoms with E-state index in [0.717, 1.165) is 11.6 Å². The Balaban J connectivity index is 1.63. The summed E-state index contributed by atoms with van der Waals surface area (Å²) in [5, 5.41) is 12.7. The lowest BCUT2D eigenvalue weighted by Gasteiger charge is -2.17. The van der Waals surface area contributed by atoms with Crippen LogP contribution in [0.4, 0.5) is 17.1 Å². The highest BCUT2D eigenvalue weighted by atomic mass is 32.2. The van der Waals surface area contributed by atoms with Crippen LogP contribution in [-0.2, 0) is 16.4 Å². The van der Waals surface area contributed by atoms with Gasteiger partial charge in [0, 0.05) is 24.4 Å². The summed E-state index contributed by atoms with van der Waals surface area (Å²) in [5.74, 6) is -0.127. The van der Waals surface area contributed by atoms with Crippen LogP contribution in [0, 0.1) is 10.1 Å². The molecule has 0 fully saturated rings. The van der Waals surface area contributed by atoms with Gasteiger partial charge in [-0.3, -0.25) is 19.6 Å². The molecule has 3 aromatic rings. The molecule has 0 unspecified atom stereocenters. The number of rotatable bonds is 5. The molecule has 10 heteroatoms. The summed E-state index contributed by atoms with van der Waals surface area (Å²) in [6, 6.07) is 13.4. The van der Waals surface area contributed by atoms with Crippen LogP contribution in [0.2, 0.25) is 0 Å². The summed E-state index contributed by atoms with van der Waals surface area (Å²) in [6.45, 7) is 0.521. The van der Waals surface area contributed by atoms with E-state index < -0.39 is 14.9 Å². The summed E-state index contributed by atoms with van der Waals surface area (Å²) < 4.78 is 27.8. The van der Waals surface area contributed by atoms with E-state index in [1.807, 2.05) is 5.38 Å². The lowest BCUT2D eigenvalue weighted by Crippen LogP contribution is -2.28. The van der Waals surface area contributed by atoms with Crippen molar-refractivity contribution in [3.05, 3.63) is 80.5 Å². The molecule has 0 saturated carbocycles. The SMILES string of the molecule is O=C(c1cccs1)N1CCc2ccc(NS(=O)(=O)c3cccc([N+](=O)[O-])c3)cc21. The van der Waals surface area contributed by atoms with E-state index in [-0.39, 0.29) is 22.2 Å². The third kappa shape index (κ3) is 3.71. The van der Waals surface area contributed by atoms with E-state index in [4.69, 9.17) is 0 Å². The predicted molar refractivity (Wildman–Crippen MR) is 110 cm³/mol. The monoisotopic (exact) mass is 429 g/mol. The van der Waals surface area contributed by atoms with E-state index in [1.165, 1.54) is 29.5 Å². The standard InChI is InChI=1S/C19H15N3O5S2/c23-19(18-5-2-10-28-18)21-9-8-13-6-7-14(11-17(13)21)20-29(26,27)16-4-1-3-15(12-16)22(24)25/h1-7,10-12,20H,8-9H2. The zero-order chi connectivity index (χ0) is 20.6. The number of hydrogen-bond donors (Lipinski definition) is 1. The minimum absolute atomic E-state index is 0.127. The maximum absolute atomic E-state index is 12.7. The van der Waals surface area contributed by atoms with E-state index in [1.54, 1.807) is 35.2 Å². The van der Waals surface area contributed by atoms with Gasteiger partial charge in [-0.2, -0.15) is 0 Å². The number of fused-ring (bicyclic) bond motifs is 1. The average Bonchev–Trinajstić information content (AvgIpc) is 3.37. The largest absolute Gasteiger partial charge is 0.307 e. The summed E-state index contributed by atoms with van der Waals surface area (Å²) in [5.41, 5.74) is 1.58. The lowest BCUT2D eigenvalue weighted by molar-refractivity contribution is -0.385. The van der Waals surface area contributed by atoms with Crippen LogP contribution in [0.15, 0.2) is 64.9 Å². The number of nitrogens with zero attached hydrogens (tertiary/aromatic N) is 2. The Kier molecular flexibility index (Phi) is 4.81. The van der Waals surface area contributed by atoms with E-state index in [9.17, 15) is 23.3 Å². The fourth-order valence-corrected chi connectivity index (χ4v) is 4.93. The second-order valence-electron chi connectivity index (χ2n) is 6.39. The highest BCUT2D eigenvalue weighted by Gasteiger charge is 2.27. The molecule has 1 N–H and O–H groups in total. The number of benzene rings is 2. The topological polar surface area (TPSA) is 110 Å². The van der Waals surface area contributed by atoms with Gasteiger partial charge in [0.15, 0.2) is 0 Å². The van der Waals surface area contributed by atoms with Gasteiger partial charge >= 0.3 is 0 Å². The third-order valence-corrected chi connectivity index (χ3v) is 6.79. The number of anilines is 2. The van der Waals surface area contributed by atoms with Gasteiger partial charge < -0.3 is 4.90 Å². The number of thiophene rings is 1. The van der Waals surface area contributed by atoms with E-state index in [0.29, 0.717) is 23.5 Å². The Morgan fingerprint density at radius 2 is 1.97 bits per heavy atom. The van der Waals surface area contributed by atoms with Crippen molar-refractivity contribution >= 4 is 44.3 Å². The number of non-ortho nitro benzene ring substituents is 1. The molecule has 1 aliphatic rings. The molecule has 1 aromatic heterocycles. The Bertz CT molecular complexity index is 1210. The fraction of sp³-hybridized carbons (Fsp3) is 0.105. The first-order valence-corrected chi connectivity index (χ1v) is 11.0. The number of hydrogen-bond acceptors (Lipinski definition) is 6. The van der Waals surface area contributed by atoms with E-state index >= 15 is 0 Å². The molecule has 1 amide bonds. The van der Waals surface area contributed by atoms with Crippen molar-refractivity contribution in [1.29, 1.82) is 0 Å². The summed E-state index contributed by atoms with van der Waals surface area (Å²) in [7, 11) is -4.02. The van der Waals surface area contributed by atoms with Crippen LogP contribution in [0.25, 0.3) is 0 Å². The molecular weight excluding hydrogens is 414 g/mol. The quantitative estimate of drug-likeness (QED) is 0.492. The molecular formula is C19H15N3O5S2. The number of carbonyl (C=O) groups excluding carboxylic acids is 1. The molecule has 8 nitrogen and oxygen atoms in total. The van der Waals surface area contributed by atoms with Gasteiger partial charge in [-0.25, -0.2) is 8.42 Å². The normalized spacial score (nSPS) is 13.2. The van der Waals surface area contributed by atoms with Gasteiger partial charge in [0.1, 0.15) is 0 Å². The van der Waals surface area contributed by atoms with E-state index in [2.05, 4.69) is 4.72 Å². The van der Waals surface area contributed by atoms with Gasteiger partial charge in [0.05, 0.1) is 20.4 Å². The van der Waals surface area contributed by atoms with Gasteiger partial charge in [0.25, 0.3) is 21.6 Å². The molecule has 2 aromatic carbocycles. The number of carbonyl (C=O) groups is 1. The molecule has 0 radical (unpaired) electrons. The highest BCUT2D eigenvalue weighted by molar-refractivity contribution is 7.92. The Morgan fingerprint density at radius 1 is 1.14 bits per heavy atom. The van der Waals surface area contributed by atoms with Crippen molar-refractivity contribution < 1.29 is 18.1 Å². The summed E-state index contributed by atoms with van der Waals surface area (Å²) >= 11 is 1.35. The fourth-order valence-electron chi connectivity index (χ4n) is 3.17. The Morgan fingerprint density at radius 3 is 2.69 bits per heavy atom. The number of nitro groups is 1. The van der Waals surface area contributed by atoms with Gasteiger partial charge in [-0.05, 0) is 41.6 Å². The van der Waals surface area contributed by atoms with Crippen LogP contribution >= 0.6 is 11.3 Å². The second kappa shape index (κ2) is 7.30. The van der Waals surface area contributed by atoms with Gasteiger partial charge in [-0.15, -0.1) is 11.3 Å². The number of amides is 1. The van der Waals surface area contributed by atoms with Crippen molar-refractivity contribution in [3.8, 4) is 0 Å². The van der Waals surface area contributed by atoms with Crippen molar-refractivity contribution in [2.75, 3.05) is 16.2 Å². The zero-order valence-corrected chi connectivity index (χ0v) is 16.6. The molecule has 0 bridgehead atoms. The maximum Gasteiger partial charge on any atom is 0.270 e. The second-order valence-corrected chi connectivity index (χ2v) is 9.02. The van der Waals surface area contributed by atoms with Crippen LogP contribution in [0.1, 0.15) is 15.2 Å². The smallest absolute Gasteiger partial charge is 0.270 e. The zero-order valence-electron chi connectivity index (χ0n) is 14.9. The highest BCUT2D eigenvalue weighted by Crippen LogP contribution is 2.33. The summed E-state index contributed by atoms with van der Waals surface area (Å²) in [4.78, 5) is 25.0. The van der Waals surface area contributed by atoms with Gasteiger partial charge in [-0.1, -0.05) is 18.2 Å². The van der Waals surface area contributed by atoms with Crippen LogP contribution < -0.4 is 9.62 Å². The molecule has 0 atom stereocenters. The number of nitrogens with one attached hydrogen (secondary N) is 1. The Hall–Kier alpha value is -3.24. The first kappa shape index (κ1) is 19.1. The molecule has 1 aliphatic heterocycles. The van der Waals surface area contributed by atoms with Crippen LogP contribution in [0.5, 0.6) is 0 Å². The first-order valence-electron chi connectivity index (χ1n) is 8.61. The number of sulfonamides is 1. The minimum atomic E-state index is -4.02. The van der Waals surface area contributed by atoms with Crippen LogP contribution in [-0.4, -0.2) is 25.8 Å². The third-order valence-electron chi connectivity index (χ3n) is 4.55. The molecule has 148 valence electrons. The molecule has 4 rings (SSSR count). The van der Waals surface area contributed by atoms with Crippen LogP contribution in [0.3, 0.4) is 0 Å². The van der Waals surface area contributed by atoms with Crippen molar-refractivity contribution in [2.24, 2.45) is 0 Å². The molecule has 0 spiro atoms. The number of nitro benzene ring substituents is 1. The van der Waals surface area contributed by atoms with Crippen molar-refractivity contribution in [2.45, 2.75) is 11.3 Å². The molecule has 0 saturated heterocycles. The Labute approximate surface area is 170 Å². The summed E-state index contributed by atoms with van der Waals surface area (Å²) in [6.07, 6.45) is 0.685. The molecule has 29 heavy (non-hydrogen) atoms.